The van der Waals surface area contributed by atoms with Crippen LogP contribution in [0, 0.1) is 0 Å². The van der Waals surface area contributed by atoms with Gasteiger partial charge in [-0.2, -0.15) is 0 Å². The van der Waals surface area contributed by atoms with Crippen LogP contribution in [0.2, 0.25) is 0 Å². The van der Waals surface area contributed by atoms with E-state index in [1.807, 2.05) is 18.2 Å². The number of nitrogens with zero attached hydrogens (tertiary/aromatic N) is 1. The van der Waals surface area contributed by atoms with E-state index in [1.165, 1.54) is 0 Å². The lowest BCUT2D eigenvalue weighted by molar-refractivity contribution is 0.102. The molecule has 2 heterocycles. The molecule has 0 spiro atoms. The quantitative estimate of drug-likeness (QED) is 0.447. The smallest absolute Gasteiger partial charge is 0.256 e. The summed E-state index contributed by atoms with van der Waals surface area (Å²) in [5, 5.41) is 2.89. The van der Waals surface area contributed by atoms with Crippen LogP contribution < -0.4 is 24.3 Å². The van der Waals surface area contributed by atoms with Crippen molar-refractivity contribution >= 4 is 11.6 Å². The first-order valence-electron chi connectivity index (χ1n) is 10.1. The van der Waals surface area contributed by atoms with E-state index in [4.69, 9.17) is 23.4 Å². The van der Waals surface area contributed by atoms with E-state index in [0.717, 1.165) is 5.56 Å². The van der Waals surface area contributed by atoms with E-state index >= 15 is 0 Å². The van der Waals surface area contributed by atoms with Gasteiger partial charge in [-0.15, -0.1) is 0 Å². The fourth-order valence-electron chi connectivity index (χ4n) is 3.57. The van der Waals surface area contributed by atoms with Crippen LogP contribution in [-0.2, 0) is 0 Å². The molecular weight excluding hydrogens is 424 g/mol. The standard InChI is InChI=1S/C25H20N2O6/c1-29-16-8-9-19(21(12-16)30-2)23-13-26-25(33-23)18-6-4-3-5-17(18)24(28)27-15-7-10-20-22(11-15)32-14-31-20/h3-13H,14H2,1-2H3,(H,27,28). The van der Waals surface area contributed by atoms with Crippen molar-refractivity contribution in [2.75, 3.05) is 26.3 Å². The highest BCUT2D eigenvalue weighted by Gasteiger charge is 2.20. The summed E-state index contributed by atoms with van der Waals surface area (Å²) in [6, 6.07) is 17.8. The lowest BCUT2D eigenvalue weighted by Crippen LogP contribution is -2.13. The molecule has 1 aliphatic heterocycles. The number of amides is 1. The second-order valence-corrected chi connectivity index (χ2v) is 7.16. The van der Waals surface area contributed by atoms with E-state index in [2.05, 4.69) is 10.3 Å². The summed E-state index contributed by atoms with van der Waals surface area (Å²) < 4.78 is 27.4. The number of carbonyl (C=O) groups excluding carboxylic acids is 1. The second-order valence-electron chi connectivity index (χ2n) is 7.16. The molecule has 0 radical (unpaired) electrons. The van der Waals surface area contributed by atoms with Crippen molar-refractivity contribution < 1.29 is 28.2 Å². The zero-order chi connectivity index (χ0) is 22.8. The number of hydrogen-bond donors (Lipinski definition) is 1. The van der Waals surface area contributed by atoms with Crippen LogP contribution in [0.5, 0.6) is 23.0 Å². The summed E-state index contributed by atoms with van der Waals surface area (Å²) in [5.41, 5.74) is 2.30. The third-order valence-electron chi connectivity index (χ3n) is 5.21. The average Bonchev–Trinajstić information content (AvgIpc) is 3.53. The van der Waals surface area contributed by atoms with Crippen molar-refractivity contribution in [2.45, 2.75) is 0 Å². The Labute approximate surface area is 189 Å². The van der Waals surface area contributed by atoms with E-state index in [1.54, 1.807) is 62.9 Å². The summed E-state index contributed by atoms with van der Waals surface area (Å²) in [7, 11) is 3.16. The summed E-state index contributed by atoms with van der Waals surface area (Å²) >= 11 is 0. The molecule has 33 heavy (non-hydrogen) atoms. The second kappa shape index (κ2) is 8.58. The van der Waals surface area contributed by atoms with Gasteiger partial charge in [-0.05, 0) is 36.4 Å². The lowest BCUT2D eigenvalue weighted by atomic mass is 10.1. The molecule has 0 bridgehead atoms. The minimum atomic E-state index is -0.300. The molecule has 8 heteroatoms. The Balaban J connectivity index is 1.44. The zero-order valence-electron chi connectivity index (χ0n) is 18.0. The Morgan fingerprint density at radius 1 is 0.939 bits per heavy atom. The number of nitrogens with one attached hydrogen (secondary N) is 1. The largest absolute Gasteiger partial charge is 0.497 e. The molecule has 1 amide bonds. The number of anilines is 1. The normalized spacial score (nSPS) is 11.8. The summed E-state index contributed by atoms with van der Waals surface area (Å²) in [6.07, 6.45) is 1.60. The number of benzene rings is 3. The molecule has 1 aromatic heterocycles. The topological polar surface area (TPSA) is 92.1 Å². The minimum Gasteiger partial charge on any atom is -0.497 e. The molecule has 4 aromatic rings. The Bertz CT molecular complexity index is 1330. The summed E-state index contributed by atoms with van der Waals surface area (Å²) in [4.78, 5) is 17.5. The Morgan fingerprint density at radius 2 is 1.79 bits per heavy atom. The maximum Gasteiger partial charge on any atom is 0.256 e. The third-order valence-corrected chi connectivity index (χ3v) is 5.21. The zero-order valence-corrected chi connectivity index (χ0v) is 18.0. The summed E-state index contributed by atoms with van der Waals surface area (Å²) in [6.45, 7) is 0.168. The number of hydrogen-bond acceptors (Lipinski definition) is 7. The number of carbonyl (C=O) groups is 1. The van der Waals surface area contributed by atoms with E-state index in [9.17, 15) is 4.79 Å². The van der Waals surface area contributed by atoms with Gasteiger partial charge < -0.3 is 28.7 Å². The number of fused-ring (bicyclic) bond motifs is 1. The van der Waals surface area contributed by atoms with E-state index in [0.29, 0.717) is 51.5 Å². The number of oxazole rings is 1. The molecule has 8 nitrogen and oxygen atoms in total. The van der Waals surface area contributed by atoms with Crippen molar-refractivity contribution in [3.63, 3.8) is 0 Å². The Kier molecular flexibility index (Phi) is 5.32. The van der Waals surface area contributed by atoms with Gasteiger partial charge in [0.15, 0.2) is 17.3 Å². The summed E-state index contributed by atoms with van der Waals surface area (Å²) in [5.74, 6) is 3.02. The maximum atomic E-state index is 13.1. The number of ether oxygens (including phenoxy) is 4. The number of rotatable bonds is 6. The predicted octanol–water partition coefficient (Wildman–Crippen LogP) is 5.01. The van der Waals surface area contributed by atoms with Gasteiger partial charge in [0, 0.05) is 23.4 Å². The first-order valence-corrected chi connectivity index (χ1v) is 10.1. The van der Waals surface area contributed by atoms with Gasteiger partial charge >= 0.3 is 0 Å². The van der Waals surface area contributed by atoms with Crippen LogP contribution in [0.4, 0.5) is 5.69 Å². The highest BCUT2D eigenvalue weighted by Crippen LogP contribution is 2.37. The highest BCUT2D eigenvalue weighted by molar-refractivity contribution is 6.08. The lowest BCUT2D eigenvalue weighted by Gasteiger charge is -2.09. The fourth-order valence-corrected chi connectivity index (χ4v) is 3.57. The van der Waals surface area contributed by atoms with Crippen LogP contribution in [0.1, 0.15) is 10.4 Å². The molecular formula is C25H20N2O6. The first-order chi connectivity index (χ1) is 16.2. The predicted molar refractivity (Wildman–Crippen MR) is 121 cm³/mol. The molecule has 5 rings (SSSR count). The molecule has 1 N–H and O–H groups in total. The van der Waals surface area contributed by atoms with Gasteiger partial charge in [-0.25, -0.2) is 4.98 Å². The van der Waals surface area contributed by atoms with Crippen molar-refractivity contribution in [3.05, 3.63) is 72.4 Å². The van der Waals surface area contributed by atoms with Crippen LogP contribution in [0.25, 0.3) is 22.8 Å². The Morgan fingerprint density at radius 3 is 2.64 bits per heavy atom. The maximum absolute atomic E-state index is 13.1. The molecule has 0 fully saturated rings. The molecule has 0 aliphatic carbocycles. The van der Waals surface area contributed by atoms with Gasteiger partial charge in [0.05, 0.1) is 31.5 Å². The first kappa shape index (κ1) is 20.4. The van der Waals surface area contributed by atoms with Gasteiger partial charge in [0.2, 0.25) is 12.7 Å². The van der Waals surface area contributed by atoms with Crippen LogP contribution in [0.15, 0.2) is 71.3 Å². The Hall–Kier alpha value is -4.46. The van der Waals surface area contributed by atoms with Crippen molar-refractivity contribution in [2.24, 2.45) is 0 Å². The SMILES string of the molecule is COc1ccc(-c2cnc(-c3ccccc3C(=O)Nc3ccc4c(c3)OCO4)o2)c(OC)c1. The number of methoxy groups -OCH3 is 2. The third kappa shape index (κ3) is 3.94. The molecule has 0 unspecified atom stereocenters. The molecule has 3 aromatic carbocycles. The monoisotopic (exact) mass is 444 g/mol. The van der Waals surface area contributed by atoms with E-state index in [-0.39, 0.29) is 12.7 Å². The van der Waals surface area contributed by atoms with Gasteiger partial charge in [-0.3, -0.25) is 4.79 Å². The van der Waals surface area contributed by atoms with Crippen molar-refractivity contribution in [1.82, 2.24) is 4.98 Å². The van der Waals surface area contributed by atoms with Crippen molar-refractivity contribution in [3.8, 4) is 45.8 Å². The highest BCUT2D eigenvalue weighted by atomic mass is 16.7. The molecule has 1 aliphatic rings. The van der Waals surface area contributed by atoms with Gasteiger partial charge in [0.25, 0.3) is 5.91 Å². The minimum absolute atomic E-state index is 0.168. The number of aromatic nitrogens is 1. The molecule has 166 valence electrons. The van der Waals surface area contributed by atoms with E-state index < -0.39 is 0 Å². The van der Waals surface area contributed by atoms with Crippen LogP contribution >= 0.6 is 0 Å². The van der Waals surface area contributed by atoms with Crippen LogP contribution in [-0.4, -0.2) is 31.9 Å². The van der Waals surface area contributed by atoms with Gasteiger partial charge in [0.1, 0.15) is 11.5 Å². The van der Waals surface area contributed by atoms with Crippen LogP contribution in [0.3, 0.4) is 0 Å². The molecule has 0 atom stereocenters. The van der Waals surface area contributed by atoms with Gasteiger partial charge in [-0.1, -0.05) is 12.1 Å². The van der Waals surface area contributed by atoms with Crippen molar-refractivity contribution in [1.29, 1.82) is 0 Å². The average molecular weight is 444 g/mol. The molecule has 0 saturated carbocycles. The molecule has 0 saturated heterocycles. The fraction of sp³-hybridized carbons (Fsp3) is 0.120.